The van der Waals surface area contributed by atoms with Crippen molar-refractivity contribution in [2.45, 2.75) is 24.8 Å². The molecule has 1 N–H and O–H groups in total. The zero-order valence-corrected chi connectivity index (χ0v) is 18.3. The largest absolute Gasteiger partial charge is 0.318 e. The smallest absolute Gasteiger partial charge is 0.278 e. The molecule has 1 amide bonds. The van der Waals surface area contributed by atoms with Gasteiger partial charge in [-0.15, -0.1) is 5.10 Å². The van der Waals surface area contributed by atoms with Gasteiger partial charge in [0, 0.05) is 17.1 Å². The Morgan fingerprint density at radius 2 is 1.70 bits per heavy atom. The highest BCUT2D eigenvalue weighted by molar-refractivity contribution is 7.98. The SMILES string of the molecule is Cc1cc(C)nc(SCc2c(C(=O)Nc3ccc(F)c(F)c3F)nnn2-c2ccccc2)n1. The number of carbonyl (C=O) groups excluding carboxylic acids is 1. The summed E-state index contributed by atoms with van der Waals surface area (Å²) in [6.45, 7) is 3.70. The standard InChI is InChI=1S/C22H17F3N6OS/c1-12-10-13(2)27-22(26-12)33-11-17-20(29-30-31(17)14-6-4-3-5-7-14)21(32)28-16-9-8-15(23)18(24)19(16)25/h3-10H,11H2,1-2H3,(H,28,32). The Labute approximate surface area is 191 Å². The van der Waals surface area contributed by atoms with Crippen molar-refractivity contribution in [2.24, 2.45) is 0 Å². The van der Waals surface area contributed by atoms with Gasteiger partial charge in [0.05, 0.1) is 17.1 Å². The van der Waals surface area contributed by atoms with Gasteiger partial charge in [0.1, 0.15) is 0 Å². The number of anilines is 1. The zero-order valence-electron chi connectivity index (χ0n) is 17.5. The highest BCUT2D eigenvalue weighted by Gasteiger charge is 2.23. The molecular weight excluding hydrogens is 453 g/mol. The summed E-state index contributed by atoms with van der Waals surface area (Å²) >= 11 is 1.27. The molecule has 0 radical (unpaired) electrons. The summed E-state index contributed by atoms with van der Waals surface area (Å²) in [5.74, 6) is -5.14. The topological polar surface area (TPSA) is 85.6 Å². The van der Waals surface area contributed by atoms with Crippen LogP contribution in [0.2, 0.25) is 0 Å². The average Bonchev–Trinajstić information content (AvgIpc) is 3.22. The third-order valence-corrected chi connectivity index (χ3v) is 5.42. The van der Waals surface area contributed by atoms with Crippen LogP contribution in [0.4, 0.5) is 18.9 Å². The molecule has 0 saturated heterocycles. The summed E-state index contributed by atoms with van der Waals surface area (Å²) in [5.41, 5.74) is 2.04. The Balaban J connectivity index is 1.68. The van der Waals surface area contributed by atoms with Crippen LogP contribution in [-0.4, -0.2) is 30.9 Å². The quantitative estimate of drug-likeness (QED) is 0.251. The number of rotatable bonds is 6. The Hall–Kier alpha value is -3.73. The number of nitrogens with zero attached hydrogens (tertiary/aromatic N) is 5. The molecule has 168 valence electrons. The predicted octanol–water partition coefficient (Wildman–Crippen LogP) is 4.64. The van der Waals surface area contributed by atoms with E-state index in [1.54, 1.807) is 24.3 Å². The summed E-state index contributed by atoms with van der Waals surface area (Å²) in [6.07, 6.45) is 0. The minimum Gasteiger partial charge on any atom is -0.318 e. The molecule has 0 saturated carbocycles. The first-order valence-electron chi connectivity index (χ1n) is 9.73. The monoisotopic (exact) mass is 470 g/mol. The normalized spacial score (nSPS) is 10.9. The van der Waals surface area contributed by atoms with E-state index >= 15 is 0 Å². The number of carbonyl (C=O) groups is 1. The molecule has 0 aliphatic rings. The number of para-hydroxylation sites is 1. The van der Waals surface area contributed by atoms with Crippen LogP contribution in [0.5, 0.6) is 0 Å². The number of aromatic nitrogens is 5. The van der Waals surface area contributed by atoms with Crippen molar-refractivity contribution in [1.29, 1.82) is 0 Å². The summed E-state index contributed by atoms with van der Waals surface area (Å²) in [5, 5.41) is 10.8. The van der Waals surface area contributed by atoms with Crippen LogP contribution in [-0.2, 0) is 5.75 Å². The molecule has 4 aromatic rings. The van der Waals surface area contributed by atoms with E-state index in [9.17, 15) is 18.0 Å². The van der Waals surface area contributed by atoms with E-state index in [0.717, 1.165) is 23.5 Å². The van der Waals surface area contributed by atoms with E-state index in [-0.39, 0.29) is 11.4 Å². The maximum Gasteiger partial charge on any atom is 0.278 e. The van der Waals surface area contributed by atoms with Gasteiger partial charge in [0.15, 0.2) is 28.3 Å². The van der Waals surface area contributed by atoms with Crippen LogP contribution in [0.15, 0.2) is 53.7 Å². The van der Waals surface area contributed by atoms with E-state index < -0.39 is 29.0 Å². The first kappa shape index (κ1) is 22.5. The van der Waals surface area contributed by atoms with Gasteiger partial charge < -0.3 is 5.32 Å². The van der Waals surface area contributed by atoms with Gasteiger partial charge >= 0.3 is 0 Å². The molecule has 7 nitrogen and oxygen atoms in total. The lowest BCUT2D eigenvalue weighted by molar-refractivity contribution is 0.102. The number of benzene rings is 2. The molecule has 0 spiro atoms. The third-order valence-electron chi connectivity index (χ3n) is 4.56. The first-order chi connectivity index (χ1) is 15.8. The Bertz CT molecular complexity index is 1310. The molecule has 0 unspecified atom stereocenters. The third kappa shape index (κ3) is 4.87. The lowest BCUT2D eigenvalue weighted by Crippen LogP contribution is -2.17. The highest BCUT2D eigenvalue weighted by Crippen LogP contribution is 2.25. The van der Waals surface area contributed by atoms with Crippen molar-refractivity contribution < 1.29 is 18.0 Å². The van der Waals surface area contributed by atoms with Crippen LogP contribution in [0.1, 0.15) is 27.6 Å². The van der Waals surface area contributed by atoms with E-state index in [1.165, 1.54) is 16.4 Å². The maximum absolute atomic E-state index is 14.1. The van der Waals surface area contributed by atoms with Crippen molar-refractivity contribution in [3.8, 4) is 5.69 Å². The van der Waals surface area contributed by atoms with Gasteiger partial charge in [-0.25, -0.2) is 27.8 Å². The molecule has 11 heteroatoms. The summed E-state index contributed by atoms with van der Waals surface area (Å²) in [4.78, 5) is 21.7. The molecular formula is C22H17F3N6OS. The number of nitrogens with one attached hydrogen (secondary N) is 1. The molecule has 0 aliphatic heterocycles. The second-order valence-corrected chi connectivity index (χ2v) is 7.97. The van der Waals surface area contributed by atoms with Gasteiger partial charge in [-0.1, -0.05) is 35.2 Å². The van der Waals surface area contributed by atoms with E-state index in [4.69, 9.17) is 0 Å². The molecule has 2 heterocycles. The van der Waals surface area contributed by atoms with Crippen molar-refractivity contribution in [1.82, 2.24) is 25.0 Å². The van der Waals surface area contributed by atoms with Crippen LogP contribution < -0.4 is 5.32 Å². The molecule has 4 rings (SSSR count). The highest BCUT2D eigenvalue weighted by atomic mass is 32.2. The Kier molecular flexibility index (Phi) is 6.40. The van der Waals surface area contributed by atoms with Gasteiger partial charge in [0.2, 0.25) is 0 Å². The molecule has 2 aromatic heterocycles. The molecule has 0 bridgehead atoms. The van der Waals surface area contributed by atoms with Crippen LogP contribution >= 0.6 is 11.8 Å². The number of aryl methyl sites for hydroxylation is 2. The molecule has 2 aromatic carbocycles. The van der Waals surface area contributed by atoms with Gasteiger partial charge in [-0.05, 0) is 44.2 Å². The minimum atomic E-state index is -1.68. The maximum atomic E-state index is 14.1. The second kappa shape index (κ2) is 9.41. The van der Waals surface area contributed by atoms with Gasteiger partial charge in [0.25, 0.3) is 5.91 Å². The van der Waals surface area contributed by atoms with Crippen molar-refractivity contribution in [3.63, 3.8) is 0 Å². The fourth-order valence-electron chi connectivity index (χ4n) is 3.08. The number of amides is 1. The molecule has 0 fully saturated rings. The summed E-state index contributed by atoms with van der Waals surface area (Å²) in [7, 11) is 0. The number of hydrogen-bond donors (Lipinski definition) is 1. The van der Waals surface area contributed by atoms with Gasteiger partial charge in [-0.3, -0.25) is 4.79 Å². The molecule has 33 heavy (non-hydrogen) atoms. The van der Waals surface area contributed by atoms with Crippen LogP contribution in [0.3, 0.4) is 0 Å². The number of halogens is 3. The molecule has 0 atom stereocenters. The van der Waals surface area contributed by atoms with Crippen LogP contribution in [0.25, 0.3) is 5.69 Å². The average molecular weight is 470 g/mol. The number of thioether (sulfide) groups is 1. The number of hydrogen-bond acceptors (Lipinski definition) is 6. The summed E-state index contributed by atoms with van der Waals surface area (Å²) in [6, 6.07) is 12.5. The second-order valence-electron chi connectivity index (χ2n) is 7.03. The fraction of sp³-hybridized carbons (Fsp3) is 0.136. The van der Waals surface area contributed by atoms with E-state index in [2.05, 4.69) is 25.6 Å². The zero-order chi connectivity index (χ0) is 23.5. The van der Waals surface area contributed by atoms with E-state index in [1.807, 2.05) is 26.0 Å². The minimum absolute atomic E-state index is 0.0974. The predicted molar refractivity (Wildman–Crippen MR) is 117 cm³/mol. The molecule has 0 aliphatic carbocycles. The van der Waals surface area contributed by atoms with Gasteiger partial charge in [-0.2, -0.15) is 0 Å². The van der Waals surface area contributed by atoms with Crippen LogP contribution in [0, 0.1) is 31.3 Å². The summed E-state index contributed by atoms with van der Waals surface area (Å²) < 4.78 is 42.3. The Morgan fingerprint density at radius 1 is 1.00 bits per heavy atom. The van der Waals surface area contributed by atoms with Crippen molar-refractivity contribution in [3.05, 3.63) is 88.8 Å². The Morgan fingerprint density at radius 3 is 2.39 bits per heavy atom. The van der Waals surface area contributed by atoms with E-state index in [0.29, 0.717) is 16.5 Å². The lowest BCUT2D eigenvalue weighted by atomic mass is 10.2. The van der Waals surface area contributed by atoms with Crippen molar-refractivity contribution >= 4 is 23.4 Å². The first-order valence-corrected chi connectivity index (χ1v) is 10.7. The fourth-order valence-corrected chi connectivity index (χ4v) is 4.02. The van der Waals surface area contributed by atoms with Crippen molar-refractivity contribution in [2.75, 3.05) is 5.32 Å². The lowest BCUT2D eigenvalue weighted by Gasteiger charge is -2.09.